The number of ether oxygens (including phenoxy) is 1. The van der Waals surface area contributed by atoms with E-state index in [0.717, 1.165) is 0 Å². The van der Waals surface area contributed by atoms with Crippen LogP contribution in [0.1, 0.15) is 18.9 Å². The van der Waals surface area contributed by atoms with Crippen LogP contribution in [0.5, 0.6) is 0 Å². The van der Waals surface area contributed by atoms with Crippen molar-refractivity contribution in [2.45, 2.75) is 26.0 Å². The molecule has 0 saturated carbocycles. The molecule has 2 atom stereocenters. The summed E-state index contributed by atoms with van der Waals surface area (Å²) in [6.45, 7) is 1.57. The summed E-state index contributed by atoms with van der Waals surface area (Å²) in [5.74, 6) is -3.30. The molecule has 0 spiro atoms. The van der Waals surface area contributed by atoms with Crippen LogP contribution < -0.4 is 10.2 Å². The van der Waals surface area contributed by atoms with Crippen molar-refractivity contribution in [1.82, 2.24) is 5.32 Å². The molecule has 0 aromatic heterocycles. The zero-order valence-electron chi connectivity index (χ0n) is 15.7. The van der Waals surface area contributed by atoms with Crippen molar-refractivity contribution in [2.24, 2.45) is 5.92 Å². The molecule has 1 aliphatic rings. The summed E-state index contributed by atoms with van der Waals surface area (Å²) in [5.41, 5.74) is 0.804. The maximum atomic E-state index is 13.9. The lowest BCUT2D eigenvalue weighted by Crippen LogP contribution is -2.37. The molecule has 0 bridgehead atoms. The van der Waals surface area contributed by atoms with Crippen LogP contribution in [0.25, 0.3) is 0 Å². The van der Waals surface area contributed by atoms with Crippen molar-refractivity contribution in [1.29, 1.82) is 0 Å². The van der Waals surface area contributed by atoms with Gasteiger partial charge in [-0.2, -0.15) is 0 Å². The number of nitrogens with zero attached hydrogens (tertiary/aromatic N) is 1. The highest BCUT2D eigenvalue weighted by atomic mass is 19.1. The lowest BCUT2D eigenvalue weighted by molar-refractivity contribution is -0.158. The normalized spacial score (nSPS) is 17.1. The predicted molar refractivity (Wildman–Crippen MR) is 101 cm³/mol. The van der Waals surface area contributed by atoms with Gasteiger partial charge in [0.15, 0.2) is 6.10 Å². The summed E-state index contributed by atoms with van der Waals surface area (Å²) in [6, 6.07) is 11.4. The van der Waals surface area contributed by atoms with E-state index in [1.54, 1.807) is 6.07 Å². The quantitative estimate of drug-likeness (QED) is 0.754. The van der Waals surface area contributed by atoms with E-state index in [0.29, 0.717) is 5.56 Å². The molecule has 1 heterocycles. The molecule has 2 amide bonds. The maximum absolute atomic E-state index is 13.9. The SMILES string of the molecule is C[C@@H](OC(=O)[C@@H]1CC(=O)N(c2ccccc2F)C1)C(=O)NCc1ccc(F)cc1. The van der Waals surface area contributed by atoms with Crippen molar-refractivity contribution in [3.05, 3.63) is 65.7 Å². The van der Waals surface area contributed by atoms with Gasteiger partial charge < -0.3 is 15.0 Å². The molecule has 0 aliphatic carbocycles. The second-order valence-electron chi connectivity index (χ2n) is 6.78. The van der Waals surface area contributed by atoms with Crippen molar-refractivity contribution in [2.75, 3.05) is 11.4 Å². The van der Waals surface area contributed by atoms with Crippen LogP contribution in [0.15, 0.2) is 48.5 Å². The third-order valence-electron chi connectivity index (χ3n) is 4.64. The molecule has 0 radical (unpaired) electrons. The number of hydrogen-bond acceptors (Lipinski definition) is 4. The number of hydrogen-bond donors (Lipinski definition) is 1. The first-order valence-corrected chi connectivity index (χ1v) is 9.12. The largest absolute Gasteiger partial charge is 0.452 e. The van der Waals surface area contributed by atoms with Crippen LogP contribution in [-0.4, -0.2) is 30.4 Å². The molecule has 8 heteroatoms. The molecule has 2 aromatic rings. The molecule has 1 fully saturated rings. The average Bonchev–Trinajstić information content (AvgIpc) is 3.09. The monoisotopic (exact) mass is 402 g/mol. The molecular formula is C21H20F2N2O4. The van der Waals surface area contributed by atoms with Gasteiger partial charge in [-0.1, -0.05) is 24.3 Å². The second-order valence-corrected chi connectivity index (χ2v) is 6.78. The highest BCUT2D eigenvalue weighted by molar-refractivity contribution is 5.99. The number of esters is 1. The maximum Gasteiger partial charge on any atom is 0.312 e. The molecule has 2 aromatic carbocycles. The van der Waals surface area contributed by atoms with Gasteiger partial charge in [-0.25, -0.2) is 8.78 Å². The Kier molecular flexibility index (Phi) is 6.21. The number of nitrogens with one attached hydrogen (secondary N) is 1. The number of halogens is 2. The Balaban J connectivity index is 1.53. The van der Waals surface area contributed by atoms with E-state index in [-0.39, 0.29) is 36.9 Å². The van der Waals surface area contributed by atoms with E-state index >= 15 is 0 Å². The van der Waals surface area contributed by atoms with Crippen LogP contribution in [0.2, 0.25) is 0 Å². The van der Waals surface area contributed by atoms with Crippen molar-refractivity contribution in [3.8, 4) is 0 Å². The Morgan fingerprint density at radius 3 is 2.55 bits per heavy atom. The van der Waals surface area contributed by atoms with E-state index in [4.69, 9.17) is 4.74 Å². The van der Waals surface area contributed by atoms with E-state index in [2.05, 4.69) is 5.32 Å². The first kappa shape index (κ1) is 20.4. The minimum Gasteiger partial charge on any atom is -0.452 e. The van der Waals surface area contributed by atoms with Gasteiger partial charge in [0, 0.05) is 19.5 Å². The third kappa shape index (κ3) is 4.96. The van der Waals surface area contributed by atoms with Gasteiger partial charge in [-0.15, -0.1) is 0 Å². The molecule has 29 heavy (non-hydrogen) atoms. The fraction of sp³-hybridized carbons (Fsp3) is 0.286. The number of benzene rings is 2. The number of anilines is 1. The smallest absolute Gasteiger partial charge is 0.312 e. The van der Waals surface area contributed by atoms with E-state index < -0.39 is 29.7 Å². The van der Waals surface area contributed by atoms with Gasteiger partial charge in [0.2, 0.25) is 5.91 Å². The van der Waals surface area contributed by atoms with E-state index in [1.807, 2.05) is 0 Å². The Hall–Kier alpha value is -3.29. The molecule has 3 rings (SSSR count). The Bertz CT molecular complexity index is 917. The summed E-state index contributed by atoms with van der Waals surface area (Å²) in [7, 11) is 0. The van der Waals surface area contributed by atoms with Crippen molar-refractivity contribution >= 4 is 23.5 Å². The molecule has 1 aliphatic heterocycles. The molecule has 152 valence electrons. The first-order chi connectivity index (χ1) is 13.8. The zero-order valence-corrected chi connectivity index (χ0v) is 15.7. The fourth-order valence-electron chi connectivity index (χ4n) is 3.03. The summed E-state index contributed by atoms with van der Waals surface area (Å²) in [5, 5.41) is 2.60. The van der Waals surface area contributed by atoms with E-state index in [1.165, 1.54) is 54.3 Å². The number of carbonyl (C=O) groups excluding carboxylic acids is 3. The minimum atomic E-state index is -1.07. The van der Waals surface area contributed by atoms with Crippen LogP contribution in [0.3, 0.4) is 0 Å². The lowest BCUT2D eigenvalue weighted by Gasteiger charge is -2.18. The fourth-order valence-corrected chi connectivity index (χ4v) is 3.03. The third-order valence-corrected chi connectivity index (χ3v) is 4.64. The number of rotatable bonds is 6. The molecule has 6 nitrogen and oxygen atoms in total. The first-order valence-electron chi connectivity index (χ1n) is 9.12. The average molecular weight is 402 g/mol. The Morgan fingerprint density at radius 1 is 1.17 bits per heavy atom. The number of para-hydroxylation sites is 1. The standard InChI is InChI=1S/C21H20F2N2O4/c1-13(20(27)24-11-14-6-8-16(22)9-7-14)29-21(28)15-10-19(26)25(12-15)18-5-3-2-4-17(18)23/h2-9,13,15H,10-12H2,1H3,(H,24,27)/t13-,15-/m1/s1. The minimum absolute atomic E-state index is 0.0114. The van der Waals surface area contributed by atoms with Gasteiger partial charge in [-0.05, 0) is 36.8 Å². The number of carbonyl (C=O) groups is 3. The van der Waals surface area contributed by atoms with Crippen molar-refractivity contribution in [3.63, 3.8) is 0 Å². The Morgan fingerprint density at radius 2 is 1.86 bits per heavy atom. The molecule has 1 saturated heterocycles. The molecular weight excluding hydrogens is 382 g/mol. The summed E-state index contributed by atoms with van der Waals surface area (Å²) >= 11 is 0. The second kappa shape index (κ2) is 8.81. The Labute approximate surface area is 166 Å². The number of amides is 2. The van der Waals surface area contributed by atoms with Gasteiger partial charge in [0.25, 0.3) is 5.91 Å². The summed E-state index contributed by atoms with van der Waals surface area (Å²) in [4.78, 5) is 37.9. The zero-order chi connectivity index (χ0) is 21.0. The predicted octanol–water partition coefficient (Wildman–Crippen LogP) is 2.57. The van der Waals surface area contributed by atoms with E-state index in [9.17, 15) is 23.2 Å². The summed E-state index contributed by atoms with van der Waals surface area (Å²) < 4.78 is 32.0. The topological polar surface area (TPSA) is 75.7 Å². The molecule has 1 N–H and O–H groups in total. The van der Waals surface area contributed by atoms with Crippen LogP contribution in [0.4, 0.5) is 14.5 Å². The van der Waals surface area contributed by atoms with Gasteiger partial charge in [-0.3, -0.25) is 14.4 Å². The summed E-state index contributed by atoms with van der Waals surface area (Å²) in [6.07, 6.45) is -1.18. The highest BCUT2D eigenvalue weighted by Crippen LogP contribution is 2.28. The van der Waals surface area contributed by atoms with Gasteiger partial charge in [0.05, 0.1) is 11.6 Å². The van der Waals surface area contributed by atoms with Crippen LogP contribution in [-0.2, 0) is 25.7 Å². The lowest BCUT2D eigenvalue weighted by atomic mass is 10.1. The van der Waals surface area contributed by atoms with Gasteiger partial charge in [0.1, 0.15) is 11.6 Å². The van der Waals surface area contributed by atoms with Gasteiger partial charge >= 0.3 is 5.97 Å². The molecule has 0 unspecified atom stereocenters. The highest BCUT2D eigenvalue weighted by Gasteiger charge is 2.38. The van der Waals surface area contributed by atoms with Crippen LogP contribution >= 0.6 is 0 Å². The van der Waals surface area contributed by atoms with Crippen molar-refractivity contribution < 1.29 is 27.9 Å². The van der Waals surface area contributed by atoms with Crippen LogP contribution in [0, 0.1) is 17.6 Å².